The summed E-state index contributed by atoms with van der Waals surface area (Å²) in [5.74, 6) is 0.542. The SMILES string of the molecule is C=CCOC(=O)OCC1CCCCC1. The molecule has 0 heterocycles. The molecule has 3 nitrogen and oxygen atoms in total. The van der Waals surface area contributed by atoms with Gasteiger partial charge in [-0.25, -0.2) is 4.79 Å². The number of carbonyl (C=O) groups is 1. The lowest BCUT2D eigenvalue weighted by Crippen LogP contribution is -2.17. The Hall–Kier alpha value is -0.990. The summed E-state index contributed by atoms with van der Waals surface area (Å²) in [4.78, 5) is 11.0. The highest BCUT2D eigenvalue weighted by atomic mass is 16.7. The first-order valence-corrected chi connectivity index (χ1v) is 5.23. The summed E-state index contributed by atoms with van der Waals surface area (Å²) in [6.45, 7) is 4.19. The molecule has 0 saturated heterocycles. The van der Waals surface area contributed by atoms with Gasteiger partial charge in [0.25, 0.3) is 0 Å². The Balaban J connectivity index is 2.06. The smallest absolute Gasteiger partial charge is 0.434 e. The van der Waals surface area contributed by atoms with Gasteiger partial charge in [0.05, 0.1) is 6.61 Å². The first kappa shape index (κ1) is 11.1. The second-order valence-corrected chi connectivity index (χ2v) is 3.66. The molecule has 1 rings (SSSR count). The van der Waals surface area contributed by atoms with Crippen LogP contribution < -0.4 is 0 Å². The molecule has 0 N–H and O–H groups in total. The zero-order chi connectivity index (χ0) is 10.2. The van der Waals surface area contributed by atoms with Crippen LogP contribution in [-0.2, 0) is 9.47 Å². The molecule has 3 heteroatoms. The largest absolute Gasteiger partial charge is 0.508 e. The Kier molecular flexibility index (Phi) is 5.12. The van der Waals surface area contributed by atoms with Crippen LogP contribution in [0.15, 0.2) is 12.7 Å². The molecule has 0 aromatic carbocycles. The van der Waals surface area contributed by atoms with Crippen LogP contribution >= 0.6 is 0 Å². The average Bonchev–Trinajstić information content (AvgIpc) is 2.25. The van der Waals surface area contributed by atoms with Gasteiger partial charge in [-0.1, -0.05) is 31.9 Å². The third-order valence-corrected chi connectivity index (χ3v) is 2.48. The molecule has 0 amide bonds. The molecule has 0 spiro atoms. The van der Waals surface area contributed by atoms with Gasteiger partial charge < -0.3 is 9.47 Å². The maximum absolute atomic E-state index is 11.0. The van der Waals surface area contributed by atoms with Crippen molar-refractivity contribution in [2.45, 2.75) is 32.1 Å². The van der Waals surface area contributed by atoms with Gasteiger partial charge in [-0.05, 0) is 18.8 Å². The van der Waals surface area contributed by atoms with Crippen molar-refractivity contribution in [2.75, 3.05) is 13.2 Å². The molecule has 0 unspecified atom stereocenters. The fourth-order valence-electron chi connectivity index (χ4n) is 1.71. The Labute approximate surface area is 85.1 Å². The lowest BCUT2D eigenvalue weighted by atomic mass is 9.90. The number of ether oxygens (including phenoxy) is 2. The molecule has 0 bridgehead atoms. The van der Waals surface area contributed by atoms with E-state index in [1.807, 2.05) is 0 Å². The standard InChI is InChI=1S/C11H18O3/c1-2-8-13-11(12)14-9-10-6-4-3-5-7-10/h2,10H,1,3-9H2. The topological polar surface area (TPSA) is 35.5 Å². The van der Waals surface area contributed by atoms with Gasteiger partial charge in [0.1, 0.15) is 6.61 Å². The predicted molar refractivity (Wildman–Crippen MR) is 54.1 cm³/mol. The van der Waals surface area contributed by atoms with E-state index in [-0.39, 0.29) is 6.61 Å². The zero-order valence-corrected chi connectivity index (χ0v) is 8.54. The predicted octanol–water partition coefficient (Wildman–Crippen LogP) is 2.91. The van der Waals surface area contributed by atoms with Crippen LogP contribution in [0.5, 0.6) is 0 Å². The molecule has 80 valence electrons. The van der Waals surface area contributed by atoms with E-state index in [2.05, 4.69) is 6.58 Å². The van der Waals surface area contributed by atoms with Gasteiger partial charge in [0, 0.05) is 0 Å². The molecule has 1 aliphatic carbocycles. The molecule has 1 aliphatic rings. The quantitative estimate of drug-likeness (QED) is 0.514. The summed E-state index contributed by atoms with van der Waals surface area (Å²) in [5.41, 5.74) is 0. The Morgan fingerprint density at radius 3 is 2.64 bits per heavy atom. The molecule has 1 fully saturated rings. The Bertz CT molecular complexity index is 183. The van der Waals surface area contributed by atoms with Crippen LogP contribution in [0, 0.1) is 5.92 Å². The lowest BCUT2D eigenvalue weighted by molar-refractivity contribution is 0.0465. The molecule has 14 heavy (non-hydrogen) atoms. The van der Waals surface area contributed by atoms with Crippen molar-refractivity contribution in [3.63, 3.8) is 0 Å². The zero-order valence-electron chi connectivity index (χ0n) is 8.54. The van der Waals surface area contributed by atoms with Gasteiger partial charge in [-0.2, -0.15) is 0 Å². The lowest BCUT2D eigenvalue weighted by Gasteiger charge is -2.20. The molecule has 0 aromatic heterocycles. The first-order valence-electron chi connectivity index (χ1n) is 5.23. The van der Waals surface area contributed by atoms with Crippen molar-refractivity contribution in [3.05, 3.63) is 12.7 Å². The van der Waals surface area contributed by atoms with E-state index >= 15 is 0 Å². The third kappa shape index (κ3) is 4.30. The van der Waals surface area contributed by atoms with Crippen LogP contribution in [-0.4, -0.2) is 19.4 Å². The van der Waals surface area contributed by atoms with Gasteiger partial charge >= 0.3 is 6.16 Å². The minimum atomic E-state index is -0.574. The van der Waals surface area contributed by atoms with Crippen LogP contribution in [0.25, 0.3) is 0 Å². The van der Waals surface area contributed by atoms with Gasteiger partial charge in [0.15, 0.2) is 0 Å². The highest BCUT2D eigenvalue weighted by Gasteiger charge is 2.15. The second kappa shape index (κ2) is 6.46. The summed E-state index contributed by atoms with van der Waals surface area (Å²) in [6.07, 6.45) is 7.14. The summed E-state index contributed by atoms with van der Waals surface area (Å²) >= 11 is 0. The van der Waals surface area contributed by atoms with Crippen molar-refractivity contribution >= 4 is 6.16 Å². The van der Waals surface area contributed by atoms with Crippen molar-refractivity contribution < 1.29 is 14.3 Å². The summed E-state index contributed by atoms with van der Waals surface area (Å²) < 4.78 is 9.68. The van der Waals surface area contributed by atoms with Crippen LogP contribution in [0.4, 0.5) is 4.79 Å². The van der Waals surface area contributed by atoms with Gasteiger partial charge in [0.2, 0.25) is 0 Å². The number of hydrogen-bond donors (Lipinski definition) is 0. The number of hydrogen-bond acceptors (Lipinski definition) is 3. The van der Waals surface area contributed by atoms with Gasteiger partial charge in [-0.15, -0.1) is 0 Å². The third-order valence-electron chi connectivity index (χ3n) is 2.48. The van der Waals surface area contributed by atoms with E-state index in [1.54, 1.807) is 0 Å². The van der Waals surface area contributed by atoms with Crippen LogP contribution in [0.2, 0.25) is 0 Å². The minimum absolute atomic E-state index is 0.226. The summed E-state index contributed by atoms with van der Waals surface area (Å²) in [5, 5.41) is 0. The normalized spacial score (nSPS) is 17.4. The van der Waals surface area contributed by atoms with E-state index in [0.29, 0.717) is 12.5 Å². The van der Waals surface area contributed by atoms with E-state index in [4.69, 9.17) is 9.47 Å². The first-order chi connectivity index (χ1) is 6.83. The second-order valence-electron chi connectivity index (χ2n) is 3.66. The summed E-state index contributed by atoms with van der Waals surface area (Å²) in [7, 11) is 0. The van der Waals surface area contributed by atoms with Gasteiger partial charge in [-0.3, -0.25) is 0 Å². The molecular formula is C11H18O3. The number of carbonyl (C=O) groups excluding carboxylic acids is 1. The van der Waals surface area contributed by atoms with Crippen molar-refractivity contribution in [1.29, 1.82) is 0 Å². The maximum Gasteiger partial charge on any atom is 0.508 e. The molecule has 1 saturated carbocycles. The maximum atomic E-state index is 11.0. The minimum Gasteiger partial charge on any atom is -0.434 e. The van der Waals surface area contributed by atoms with E-state index in [0.717, 1.165) is 0 Å². The van der Waals surface area contributed by atoms with Crippen molar-refractivity contribution in [3.8, 4) is 0 Å². The molecular weight excluding hydrogens is 180 g/mol. The molecule has 0 atom stereocenters. The van der Waals surface area contributed by atoms with Crippen LogP contribution in [0.1, 0.15) is 32.1 Å². The highest BCUT2D eigenvalue weighted by Crippen LogP contribution is 2.23. The molecule has 0 aromatic rings. The van der Waals surface area contributed by atoms with Crippen molar-refractivity contribution in [1.82, 2.24) is 0 Å². The Morgan fingerprint density at radius 1 is 1.29 bits per heavy atom. The van der Waals surface area contributed by atoms with E-state index in [9.17, 15) is 4.79 Å². The van der Waals surface area contributed by atoms with Crippen molar-refractivity contribution in [2.24, 2.45) is 5.92 Å². The molecule has 0 radical (unpaired) electrons. The van der Waals surface area contributed by atoms with E-state index < -0.39 is 6.16 Å². The average molecular weight is 198 g/mol. The Morgan fingerprint density at radius 2 is 2.00 bits per heavy atom. The van der Waals surface area contributed by atoms with E-state index in [1.165, 1.54) is 38.2 Å². The summed E-state index contributed by atoms with van der Waals surface area (Å²) in [6, 6.07) is 0. The van der Waals surface area contributed by atoms with Crippen LogP contribution in [0.3, 0.4) is 0 Å². The fourth-order valence-corrected chi connectivity index (χ4v) is 1.71. The highest BCUT2D eigenvalue weighted by molar-refractivity contribution is 5.59. The molecule has 0 aliphatic heterocycles. The number of rotatable bonds is 4. The fraction of sp³-hybridized carbons (Fsp3) is 0.727. The monoisotopic (exact) mass is 198 g/mol.